The Balaban J connectivity index is 1.98. The minimum absolute atomic E-state index is 0.0181. The first-order valence-electron chi connectivity index (χ1n) is 6.35. The Morgan fingerprint density at radius 3 is 2.70 bits per heavy atom. The molecule has 108 valence electrons. The largest absolute Gasteiger partial charge is 0.497 e. The number of nitrogens with two attached hydrogens (primary N) is 1. The van der Waals surface area contributed by atoms with Gasteiger partial charge in [0.2, 0.25) is 0 Å². The highest BCUT2D eigenvalue weighted by atomic mass is 19.1. The maximum absolute atomic E-state index is 14.1. The SMILES string of the molecule is COc1cc(F)c([C@@H]2CN3CCON=C3[C@H]2N)c(F)c1. The van der Waals surface area contributed by atoms with Crippen LogP contribution in [-0.4, -0.2) is 43.6 Å². The molecule has 2 heterocycles. The summed E-state index contributed by atoms with van der Waals surface area (Å²) in [4.78, 5) is 6.90. The fourth-order valence-corrected chi connectivity index (χ4v) is 2.73. The standard InChI is InChI=1S/C13H15F2N3O2/c1-19-7-4-9(14)11(10(15)5-7)8-6-18-2-3-20-17-13(18)12(8)16/h4-5,8,12H,2-3,6,16H2,1H3/t8-,12-/m0/s1. The Morgan fingerprint density at radius 1 is 1.40 bits per heavy atom. The molecule has 0 bridgehead atoms. The van der Waals surface area contributed by atoms with Crippen LogP contribution in [0, 0.1) is 11.6 Å². The van der Waals surface area contributed by atoms with Gasteiger partial charge in [0.05, 0.1) is 19.7 Å². The zero-order valence-corrected chi connectivity index (χ0v) is 11.0. The number of fused-ring (bicyclic) bond motifs is 1. The Labute approximate surface area is 114 Å². The molecule has 2 atom stereocenters. The van der Waals surface area contributed by atoms with E-state index in [0.717, 1.165) is 0 Å². The number of ether oxygens (including phenoxy) is 1. The van der Waals surface area contributed by atoms with Crippen molar-refractivity contribution in [1.29, 1.82) is 0 Å². The molecule has 0 radical (unpaired) electrons. The number of methoxy groups -OCH3 is 1. The lowest BCUT2D eigenvalue weighted by Crippen LogP contribution is -2.39. The van der Waals surface area contributed by atoms with Gasteiger partial charge in [-0.25, -0.2) is 8.78 Å². The van der Waals surface area contributed by atoms with Crippen LogP contribution in [0.2, 0.25) is 0 Å². The van der Waals surface area contributed by atoms with Crippen LogP contribution < -0.4 is 10.5 Å². The van der Waals surface area contributed by atoms with Gasteiger partial charge in [0.1, 0.15) is 24.0 Å². The predicted molar refractivity (Wildman–Crippen MR) is 68.6 cm³/mol. The van der Waals surface area contributed by atoms with Crippen LogP contribution in [0.4, 0.5) is 8.78 Å². The Bertz CT molecular complexity index is 542. The molecule has 7 heteroatoms. The molecule has 0 amide bonds. The van der Waals surface area contributed by atoms with E-state index in [-0.39, 0.29) is 11.3 Å². The lowest BCUT2D eigenvalue weighted by Gasteiger charge is -2.22. The summed E-state index contributed by atoms with van der Waals surface area (Å²) in [5.41, 5.74) is 6.04. The van der Waals surface area contributed by atoms with Crippen LogP contribution >= 0.6 is 0 Å². The number of halogens is 2. The third kappa shape index (κ3) is 1.98. The molecule has 0 unspecified atom stereocenters. The molecule has 20 heavy (non-hydrogen) atoms. The molecule has 1 aromatic rings. The zero-order valence-electron chi connectivity index (χ0n) is 11.0. The maximum Gasteiger partial charge on any atom is 0.162 e. The molecule has 1 saturated heterocycles. The smallest absolute Gasteiger partial charge is 0.162 e. The summed E-state index contributed by atoms with van der Waals surface area (Å²) in [6.07, 6.45) is 0. The molecule has 5 nitrogen and oxygen atoms in total. The molecule has 0 aliphatic carbocycles. The Hall–Kier alpha value is -1.89. The molecule has 3 rings (SSSR count). The molecule has 1 fully saturated rings. The van der Waals surface area contributed by atoms with Gasteiger partial charge in [0.15, 0.2) is 5.84 Å². The quantitative estimate of drug-likeness (QED) is 0.881. The fraction of sp³-hybridized carbons (Fsp3) is 0.462. The van der Waals surface area contributed by atoms with Gasteiger partial charge in [-0.15, -0.1) is 0 Å². The van der Waals surface area contributed by atoms with Gasteiger partial charge in [-0.05, 0) is 0 Å². The molecule has 2 N–H and O–H groups in total. The van der Waals surface area contributed by atoms with Gasteiger partial charge in [-0.3, -0.25) is 0 Å². The van der Waals surface area contributed by atoms with Gasteiger partial charge in [0.25, 0.3) is 0 Å². The lowest BCUT2D eigenvalue weighted by atomic mass is 9.93. The van der Waals surface area contributed by atoms with Crippen molar-refractivity contribution in [2.24, 2.45) is 10.9 Å². The number of hydrogen-bond acceptors (Lipinski definition) is 5. The topological polar surface area (TPSA) is 60.1 Å². The highest BCUT2D eigenvalue weighted by molar-refractivity contribution is 5.90. The number of benzene rings is 1. The molecule has 0 saturated carbocycles. The fourth-order valence-electron chi connectivity index (χ4n) is 2.73. The molecular formula is C13H15F2N3O2. The van der Waals surface area contributed by atoms with Crippen LogP contribution in [0.25, 0.3) is 0 Å². The van der Waals surface area contributed by atoms with Crippen LogP contribution in [-0.2, 0) is 4.84 Å². The number of hydrogen-bond donors (Lipinski definition) is 1. The Kier molecular flexibility index (Phi) is 3.21. The van der Waals surface area contributed by atoms with Gasteiger partial charge in [-0.2, -0.15) is 0 Å². The minimum Gasteiger partial charge on any atom is -0.497 e. The van der Waals surface area contributed by atoms with Crippen LogP contribution in [0.5, 0.6) is 5.75 Å². The summed E-state index contributed by atoms with van der Waals surface area (Å²) in [6, 6.07) is 1.76. The third-order valence-electron chi connectivity index (χ3n) is 3.74. The average Bonchev–Trinajstić information content (AvgIpc) is 2.76. The van der Waals surface area contributed by atoms with Crippen molar-refractivity contribution >= 4 is 5.84 Å². The van der Waals surface area contributed by atoms with E-state index < -0.39 is 23.6 Å². The normalized spacial score (nSPS) is 25.0. The van der Waals surface area contributed by atoms with Crippen molar-refractivity contribution in [3.8, 4) is 5.75 Å². The summed E-state index contributed by atoms with van der Waals surface area (Å²) in [6.45, 7) is 1.52. The predicted octanol–water partition coefficient (Wildman–Crippen LogP) is 1.04. The van der Waals surface area contributed by atoms with Gasteiger partial charge in [0, 0.05) is 30.2 Å². The van der Waals surface area contributed by atoms with E-state index in [4.69, 9.17) is 15.3 Å². The molecule has 2 aliphatic rings. The van der Waals surface area contributed by atoms with Crippen LogP contribution in [0.3, 0.4) is 0 Å². The van der Waals surface area contributed by atoms with Crippen molar-refractivity contribution < 1.29 is 18.4 Å². The second-order valence-corrected chi connectivity index (χ2v) is 4.87. The summed E-state index contributed by atoms with van der Waals surface area (Å²) in [5.74, 6) is -1.08. The van der Waals surface area contributed by atoms with Crippen molar-refractivity contribution in [1.82, 2.24) is 4.90 Å². The first kappa shape index (κ1) is 13.1. The van der Waals surface area contributed by atoms with E-state index in [9.17, 15) is 8.78 Å². The van der Waals surface area contributed by atoms with Gasteiger partial charge < -0.3 is 20.2 Å². The highest BCUT2D eigenvalue weighted by Gasteiger charge is 2.41. The zero-order chi connectivity index (χ0) is 14.3. The first-order chi connectivity index (χ1) is 9.61. The number of rotatable bonds is 2. The van der Waals surface area contributed by atoms with E-state index in [1.54, 1.807) is 0 Å². The molecule has 0 aromatic heterocycles. The van der Waals surface area contributed by atoms with Crippen LogP contribution in [0.15, 0.2) is 17.3 Å². The van der Waals surface area contributed by atoms with Gasteiger partial charge >= 0.3 is 0 Å². The second-order valence-electron chi connectivity index (χ2n) is 4.87. The second kappa shape index (κ2) is 4.90. The molecule has 0 spiro atoms. The van der Waals surface area contributed by atoms with Crippen LogP contribution in [0.1, 0.15) is 11.5 Å². The first-order valence-corrected chi connectivity index (χ1v) is 6.35. The molecule has 2 aliphatic heterocycles. The van der Waals surface area contributed by atoms with Gasteiger partial charge in [-0.1, -0.05) is 5.16 Å². The summed E-state index contributed by atoms with van der Waals surface area (Å²) >= 11 is 0. The maximum atomic E-state index is 14.1. The Morgan fingerprint density at radius 2 is 2.10 bits per heavy atom. The monoisotopic (exact) mass is 283 g/mol. The van der Waals surface area contributed by atoms with Crippen molar-refractivity contribution in [2.45, 2.75) is 12.0 Å². The minimum atomic E-state index is -0.649. The summed E-state index contributed by atoms with van der Waals surface area (Å²) in [5, 5.41) is 3.89. The van der Waals surface area contributed by atoms with E-state index in [0.29, 0.717) is 25.5 Å². The van der Waals surface area contributed by atoms with E-state index in [2.05, 4.69) is 5.16 Å². The number of oxime groups is 1. The number of amidine groups is 1. The molecular weight excluding hydrogens is 268 g/mol. The van der Waals surface area contributed by atoms with Crippen molar-refractivity contribution in [2.75, 3.05) is 26.8 Å². The van der Waals surface area contributed by atoms with Crippen molar-refractivity contribution in [3.63, 3.8) is 0 Å². The summed E-state index contributed by atoms with van der Waals surface area (Å²) in [7, 11) is 1.36. The highest BCUT2D eigenvalue weighted by Crippen LogP contribution is 2.34. The lowest BCUT2D eigenvalue weighted by molar-refractivity contribution is 0.106. The van der Waals surface area contributed by atoms with E-state index in [1.807, 2.05) is 4.90 Å². The average molecular weight is 283 g/mol. The number of nitrogens with zero attached hydrogens (tertiary/aromatic N) is 2. The van der Waals surface area contributed by atoms with Crippen molar-refractivity contribution in [3.05, 3.63) is 29.3 Å². The third-order valence-corrected chi connectivity index (χ3v) is 3.74. The summed E-state index contributed by atoms with van der Waals surface area (Å²) < 4.78 is 33.1. The van der Waals surface area contributed by atoms with E-state index >= 15 is 0 Å². The van der Waals surface area contributed by atoms with E-state index in [1.165, 1.54) is 19.2 Å². The molecule has 1 aromatic carbocycles.